The van der Waals surface area contributed by atoms with Gasteiger partial charge in [-0.3, -0.25) is 0 Å². The van der Waals surface area contributed by atoms with E-state index in [0.717, 1.165) is 16.6 Å². The van der Waals surface area contributed by atoms with Gasteiger partial charge in [0.05, 0.1) is 23.9 Å². The molecule has 0 aliphatic rings. The third kappa shape index (κ3) is 2.65. The lowest BCUT2D eigenvalue weighted by Crippen LogP contribution is -2.22. The van der Waals surface area contributed by atoms with Crippen LogP contribution < -0.4 is 4.74 Å². The number of aromatic nitrogens is 2. The summed E-state index contributed by atoms with van der Waals surface area (Å²) in [6.45, 7) is 2.33. The van der Waals surface area contributed by atoms with E-state index in [2.05, 4.69) is 4.98 Å². The molecule has 1 N–H and O–H groups in total. The largest absolute Gasteiger partial charge is 0.463 e. The molecule has 0 saturated carbocycles. The van der Waals surface area contributed by atoms with Crippen molar-refractivity contribution in [2.75, 3.05) is 0 Å². The van der Waals surface area contributed by atoms with Crippen molar-refractivity contribution in [1.29, 1.82) is 0 Å². The summed E-state index contributed by atoms with van der Waals surface area (Å²) < 4.78 is 7.41. The number of aryl methyl sites for hydroxylation is 1. The first-order chi connectivity index (χ1) is 9.72. The standard InChI is InChI=1S/C16H16N2O2/c1-12-5-4-6-13(9-12)20-16(19)10-18-11-17-14-7-2-3-8-15(14)18/h2-9,11,16,19H,10H2,1H3. The van der Waals surface area contributed by atoms with Crippen LogP contribution in [0.5, 0.6) is 5.75 Å². The summed E-state index contributed by atoms with van der Waals surface area (Å²) in [7, 11) is 0. The highest BCUT2D eigenvalue weighted by Crippen LogP contribution is 2.16. The Balaban J connectivity index is 1.74. The van der Waals surface area contributed by atoms with Crippen LogP contribution in [0.15, 0.2) is 54.9 Å². The molecule has 3 aromatic rings. The zero-order valence-corrected chi connectivity index (χ0v) is 11.2. The summed E-state index contributed by atoms with van der Waals surface area (Å²) in [6.07, 6.45) is 0.808. The SMILES string of the molecule is Cc1cccc(OC(O)Cn2cnc3ccccc32)c1. The number of imidazole rings is 1. The van der Waals surface area contributed by atoms with Gasteiger partial charge < -0.3 is 14.4 Å². The molecule has 0 saturated heterocycles. The molecule has 0 radical (unpaired) electrons. The van der Waals surface area contributed by atoms with Gasteiger partial charge in [-0.2, -0.15) is 0 Å². The van der Waals surface area contributed by atoms with Gasteiger partial charge in [0.15, 0.2) is 0 Å². The number of rotatable bonds is 4. The lowest BCUT2D eigenvalue weighted by molar-refractivity contribution is -0.0286. The summed E-state index contributed by atoms with van der Waals surface area (Å²) in [5.41, 5.74) is 3.00. The van der Waals surface area contributed by atoms with Gasteiger partial charge in [-0.05, 0) is 36.8 Å². The predicted octanol–water partition coefficient (Wildman–Crippen LogP) is 2.74. The molecule has 102 valence electrons. The molecule has 1 aromatic heterocycles. The average molecular weight is 268 g/mol. The zero-order chi connectivity index (χ0) is 13.9. The van der Waals surface area contributed by atoms with Crippen molar-refractivity contribution in [3.05, 3.63) is 60.4 Å². The molecule has 0 fully saturated rings. The Kier molecular flexibility index (Phi) is 3.39. The zero-order valence-electron chi connectivity index (χ0n) is 11.2. The Hall–Kier alpha value is -2.33. The second kappa shape index (κ2) is 5.35. The van der Waals surface area contributed by atoms with E-state index < -0.39 is 6.29 Å². The molecule has 1 atom stereocenters. The van der Waals surface area contributed by atoms with Gasteiger partial charge in [0.25, 0.3) is 0 Å². The molecule has 4 heteroatoms. The summed E-state index contributed by atoms with van der Waals surface area (Å²) in [6, 6.07) is 15.4. The fourth-order valence-corrected chi connectivity index (χ4v) is 2.21. The van der Waals surface area contributed by atoms with Gasteiger partial charge in [0.2, 0.25) is 6.29 Å². The van der Waals surface area contributed by atoms with Crippen LogP contribution in [0.3, 0.4) is 0 Å². The highest BCUT2D eigenvalue weighted by atomic mass is 16.6. The molecule has 0 bridgehead atoms. The van der Waals surface area contributed by atoms with E-state index in [-0.39, 0.29) is 0 Å². The molecule has 1 heterocycles. The first-order valence-electron chi connectivity index (χ1n) is 6.53. The summed E-state index contributed by atoms with van der Waals surface area (Å²) in [5, 5.41) is 10.1. The van der Waals surface area contributed by atoms with Crippen LogP contribution in [-0.4, -0.2) is 20.9 Å². The van der Waals surface area contributed by atoms with Gasteiger partial charge in [-0.25, -0.2) is 4.98 Å². The van der Waals surface area contributed by atoms with Crippen LogP contribution >= 0.6 is 0 Å². The Morgan fingerprint density at radius 2 is 2.05 bits per heavy atom. The predicted molar refractivity (Wildman–Crippen MR) is 77.5 cm³/mol. The fraction of sp³-hybridized carbons (Fsp3) is 0.188. The third-order valence-electron chi connectivity index (χ3n) is 3.14. The highest BCUT2D eigenvalue weighted by molar-refractivity contribution is 5.74. The molecular weight excluding hydrogens is 252 g/mol. The van der Waals surface area contributed by atoms with E-state index >= 15 is 0 Å². The monoisotopic (exact) mass is 268 g/mol. The number of nitrogens with zero attached hydrogens (tertiary/aromatic N) is 2. The van der Waals surface area contributed by atoms with Crippen LogP contribution in [0.2, 0.25) is 0 Å². The number of aliphatic hydroxyl groups is 1. The maximum Gasteiger partial charge on any atom is 0.215 e. The average Bonchev–Trinajstić information content (AvgIpc) is 2.82. The quantitative estimate of drug-likeness (QED) is 0.740. The van der Waals surface area contributed by atoms with Gasteiger partial charge in [0.1, 0.15) is 5.75 Å². The Morgan fingerprint density at radius 3 is 2.90 bits per heavy atom. The van der Waals surface area contributed by atoms with E-state index in [1.807, 2.05) is 60.0 Å². The van der Waals surface area contributed by atoms with E-state index in [9.17, 15) is 5.11 Å². The Morgan fingerprint density at radius 1 is 1.20 bits per heavy atom. The van der Waals surface area contributed by atoms with Gasteiger partial charge in [-0.15, -0.1) is 0 Å². The first kappa shape index (κ1) is 12.7. The smallest absolute Gasteiger partial charge is 0.215 e. The summed E-state index contributed by atoms with van der Waals surface area (Å²) >= 11 is 0. The minimum absolute atomic E-state index is 0.342. The number of para-hydroxylation sites is 2. The third-order valence-corrected chi connectivity index (χ3v) is 3.14. The van der Waals surface area contributed by atoms with E-state index in [1.54, 1.807) is 6.33 Å². The first-order valence-corrected chi connectivity index (χ1v) is 6.53. The van der Waals surface area contributed by atoms with Crippen molar-refractivity contribution in [2.45, 2.75) is 19.8 Å². The second-order valence-corrected chi connectivity index (χ2v) is 4.77. The number of hydrogen-bond donors (Lipinski definition) is 1. The van der Waals surface area contributed by atoms with Gasteiger partial charge >= 0.3 is 0 Å². The van der Waals surface area contributed by atoms with Crippen LogP contribution in [0.25, 0.3) is 11.0 Å². The molecule has 4 nitrogen and oxygen atoms in total. The number of ether oxygens (including phenoxy) is 1. The molecule has 0 spiro atoms. The van der Waals surface area contributed by atoms with Crippen molar-refractivity contribution < 1.29 is 9.84 Å². The molecular formula is C16H16N2O2. The van der Waals surface area contributed by atoms with Crippen LogP contribution in [0.1, 0.15) is 5.56 Å². The Bertz CT molecular complexity index is 721. The maximum atomic E-state index is 10.1. The minimum Gasteiger partial charge on any atom is -0.463 e. The number of fused-ring (bicyclic) bond motifs is 1. The van der Waals surface area contributed by atoms with Crippen molar-refractivity contribution in [3.8, 4) is 5.75 Å². The van der Waals surface area contributed by atoms with Crippen LogP contribution in [-0.2, 0) is 6.54 Å². The summed E-state index contributed by atoms with van der Waals surface area (Å²) in [5.74, 6) is 0.668. The van der Waals surface area contributed by atoms with Crippen LogP contribution in [0, 0.1) is 6.92 Å². The number of aliphatic hydroxyl groups excluding tert-OH is 1. The lowest BCUT2D eigenvalue weighted by atomic mass is 10.2. The van der Waals surface area contributed by atoms with Gasteiger partial charge in [0, 0.05) is 0 Å². The molecule has 3 rings (SSSR count). The maximum absolute atomic E-state index is 10.1. The molecule has 2 aromatic carbocycles. The van der Waals surface area contributed by atoms with Crippen molar-refractivity contribution in [2.24, 2.45) is 0 Å². The van der Waals surface area contributed by atoms with E-state index in [4.69, 9.17) is 4.74 Å². The highest BCUT2D eigenvalue weighted by Gasteiger charge is 2.09. The second-order valence-electron chi connectivity index (χ2n) is 4.77. The molecule has 20 heavy (non-hydrogen) atoms. The van der Waals surface area contributed by atoms with E-state index in [1.165, 1.54) is 0 Å². The molecule has 0 aliphatic carbocycles. The molecule has 0 amide bonds. The van der Waals surface area contributed by atoms with Crippen molar-refractivity contribution in [1.82, 2.24) is 9.55 Å². The topological polar surface area (TPSA) is 47.3 Å². The van der Waals surface area contributed by atoms with Crippen LogP contribution in [0.4, 0.5) is 0 Å². The molecule has 0 aliphatic heterocycles. The summed E-state index contributed by atoms with van der Waals surface area (Å²) in [4.78, 5) is 4.29. The minimum atomic E-state index is -0.908. The molecule has 1 unspecified atom stereocenters. The van der Waals surface area contributed by atoms with Gasteiger partial charge in [-0.1, -0.05) is 24.3 Å². The van der Waals surface area contributed by atoms with Crippen molar-refractivity contribution >= 4 is 11.0 Å². The lowest BCUT2D eigenvalue weighted by Gasteiger charge is -2.14. The number of benzene rings is 2. The normalized spacial score (nSPS) is 12.5. The number of hydrogen-bond acceptors (Lipinski definition) is 3. The van der Waals surface area contributed by atoms with Crippen molar-refractivity contribution in [3.63, 3.8) is 0 Å². The van der Waals surface area contributed by atoms with E-state index in [0.29, 0.717) is 12.3 Å². The Labute approximate surface area is 117 Å². The fourth-order valence-electron chi connectivity index (χ4n) is 2.21.